The molecule has 268 valence electrons. The van der Waals surface area contributed by atoms with Crippen LogP contribution in [0.15, 0.2) is 47.9 Å². The number of aliphatic hydroxyl groups excluding tert-OH is 1. The summed E-state index contributed by atoms with van der Waals surface area (Å²) in [6.07, 6.45) is 12.7. The van der Waals surface area contributed by atoms with Crippen molar-refractivity contribution in [2.75, 3.05) is 45.9 Å². The minimum Gasteiger partial charge on any atom is -0.744 e. The van der Waals surface area contributed by atoms with E-state index < -0.39 is 10.1 Å². The van der Waals surface area contributed by atoms with Gasteiger partial charge in [0.15, 0.2) is 6.10 Å². The summed E-state index contributed by atoms with van der Waals surface area (Å²) in [4.78, 5) is 14.8. The van der Waals surface area contributed by atoms with Gasteiger partial charge in [0.05, 0.1) is 43.8 Å². The van der Waals surface area contributed by atoms with Crippen molar-refractivity contribution < 1.29 is 36.8 Å². The van der Waals surface area contributed by atoms with Crippen molar-refractivity contribution in [2.24, 2.45) is 34.5 Å². The average Bonchev–Trinajstić information content (AvgIpc) is 3.65. The summed E-state index contributed by atoms with van der Waals surface area (Å²) < 4.78 is 43.9. The van der Waals surface area contributed by atoms with Gasteiger partial charge in [-0.2, -0.15) is 0 Å². The predicted molar refractivity (Wildman–Crippen MR) is 183 cm³/mol. The van der Waals surface area contributed by atoms with E-state index in [4.69, 9.17) is 9.47 Å². The third-order valence-corrected chi connectivity index (χ3v) is 15.0. The predicted octanol–water partition coefficient (Wildman–Crippen LogP) is 5.00. The van der Waals surface area contributed by atoms with Crippen molar-refractivity contribution in [3.8, 4) is 0 Å². The third kappa shape index (κ3) is 6.66. The SMILES string of the molecule is C=CC[N+]1([C@H]2C[C@H]3[C@@H]4CC[C@H]5C[C@H](O)[C@@H](N6CCOCC6)C[C@]5(C)[C@H]4CC[C@]3(C)[C@H]2OC(C)=O)CCCC1.O=S(=O)([O-])c1ccccc1. The number of nitrogens with zero attached hydrogens (tertiary/aromatic N) is 2. The summed E-state index contributed by atoms with van der Waals surface area (Å²) in [5.74, 6) is 2.54. The maximum atomic E-state index is 12.5. The van der Waals surface area contributed by atoms with Gasteiger partial charge in [-0.1, -0.05) is 38.6 Å². The van der Waals surface area contributed by atoms with E-state index in [1.54, 1.807) is 13.0 Å². The van der Waals surface area contributed by atoms with Crippen molar-refractivity contribution >= 4 is 16.1 Å². The largest absolute Gasteiger partial charge is 0.744 e. The smallest absolute Gasteiger partial charge is 0.303 e. The molecule has 0 amide bonds. The number of carbonyl (C=O) groups is 1. The van der Waals surface area contributed by atoms with Crippen molar-refractivity contribution in [1.82, 2.24) is 4.90 Å². The molecule has 2 saturated heterocycles. The molecule has 0 unspecified atom stereocenters. The number of morpholine rings is 1. The number of ether oxygens (including phenoxy) is 2. The third-order valence-electron chi connectivity index (χ3n) is 14.1. The van der Waals surface area contributed by atoms with Gasteiger partial charge in [-0.25, -0.2) is 8.42 Å². The first kappa shape index (κ1) is 36.0. The molecule has 0 bridgehead atoms. The van der Waals surface area contributed by atoms with Gasteiger partial charge < -0.3 is 23.6 Å². The molecular formula is C38H58N2O7S. The zero-order chi connectivity index (χ0) is 34.3. The lowest BCUT2D eigenvalue weighted by molar-refractivity contribution is -0.937. The number of likely N-dealkylation sites (tertiary alicyclic amines) is 1. The Morgan fingerprint density at radius 2 is 1.77 bits per heavy atom. The molecule has 2 aliphatic heterocycles. The summed E-state index contributed by atoms with van der Waals surface area (Å²) in [5.41, 5.74) is 0.343. The first-order valence-corrected chi connectivity index (χ1v) is 19.9. The summed E-state index contributed by atoms with van der Waals surface area (Å²) in [6.45, 7) is 17.7. The highest BCUT2D eigenvalue weighted by molar-refractivity contribution is 7.85. The van der Waals surface area contributed by atoms with Gasteiger partial charge in [-0.05, 0) is 85.8 Å². The van der Waals surface area contributed by atoms with Crippen molar-refractivity contribution in [1.29, 1.82) is 0 Å². The van der Waals surface area contributed by atoms with E-state index in [1.807, 2.05) is 0 Å². The molecule has 6 fully saturated rings. The fraction of sp³-hybridized carbons (Fsp3) is 0.763. The van der Waals surface area contributed by atoms with Crippen LogP contribution in [0.4, 0.5) is 0 Å². The standard InChI is InChI=1S/C32H53N2O4.C6H6O3S/c1-5-14-34(15-6-7-16-34)28-20-26-24-9-8-23-19-29(36)27(33-12-17-37-18-13-33)21-32(23,4)25(24)10-11-31(26,3)30(28)38-22(2)35;7-10(8,9)6-4-2-1-3-5-6/h5,23-30,36H,1,6-21H2,2-4H3;1-5H,(H,7,8,9)/q+1;/p-1/t23-,24+,25-,26-,27-,28-,29-,30-,31-,32-;/m0./s1. The van der Waals surface area contributed by atoms with Crippen LogP contribution in [-0.2, 0) is 24.4 Å². The molecule has 1 aromatic carbocycles. The molecule has 0 spiro atoms. The highest BCUT2D eigenvalue weighted by atomic mass is 32.2. The average molecular weight is 687 g/mol. The van der Waals surface area contributed by atoms with Gasteiger partial charge in [0.25, 0.3) is 0 Å². The van der Waals surface area contributed by atoms with Crippen LogP contribution < -0.4 is 0 Å². The van der Waals surface area contributed by atoms with Crippen LogP contribution in [0.1, 0.15) is 78.6 Å². The van der Waals surface area contributed by atoms with E-state index in [1.165, 1.54) is 75.9 Å². The molecule has 48 heavy (non-hydrogen) atoms. The molecule has 10 atom stereocenters. The van der Waals surface area contributed by atoms with Crippen LogP contribution >= 0.6 is 0 Å². The Hall–Kier alpha value is -1.82. The van der Waals surface area contributed by atoms with Gasteiger partial charge in [0, 0.05) is 50.7 Å². The number of fused-ring (bicyclic) bond motifs is 5. The zero-order valence-corrected chi connectivity index (χ0v) is 30.1. The number of hydrogen-bond donors (Lipinski definition) is 1. The normalized spacial score (nSPS) is 40.8. The number of rotatable bonds is 6. The van der Waals surface area contributed by atoms with E-state index in [9.17, 15) is 22.9 Å². The number of aliphatic hydroxyl groups is 1. The minimum absolute atomic E-state index is 0.0174. The van der Waals surface area contributed by atoms with Crippen LogP contribution in [0.5, 0.6) is 0 Å². The van der Waals surface area contributed by atoms with E-state index in [0.717, 1.165) is 56.6 Å². The van der Waals surface area contributed by atoms with Crippen molar-refractivity contribution in [3.05, 3.63) is 43.0 Å². The molecule has 6 aliphatic rings. The number of carbonyl (C=O) groups excluding carboxylic acids is 1. The van der Waals surface area contributed by atoms with Gasteiger partial charge in [0.2, 0.25) is 0 Å². The highest BCUT2D eigenvalue weighted by Crippen LogP contribution is 2.67. The number of hydrogen-bond acceptors (Lipinski definition) is 8. The van der Waals surface area contributed by atoms with Crippen LogP contribution in [0.3, 0.4) is 0 Å². The minimum atomic E-state index is -4.25. The van der Waals surface area contributed by atoms with Crippen molar-refractivity contribution in [3.63, 3.8) is 0 Å². The van der Waals surface area contributed by atoms with Crippen LogP contribution in [0, 0.1) is 34.5 Å². The maximum absolute atomic E-state index is 12.5. The van der Waals surface area contributed by atoms with Crippen LogP contribution in [-0.4, -0.2) is 104 Å². The molecular weight excluding hydrogens is 628 g/mol. The zero-order valence-electron chi connectivity index (χ0n) is 29.3. The Morgan fingerprint density at radius 1 is 1.08 bits per heavy atom. The first-order chi connectivity index (χ1) is 22.8. The molecule has 4 saturated carbocycles. The Balaban J connectivity index is 0.000000345. The number of esters is 1. The Bertz CT molecular complexity index is 1390. The fourth-order valence-electron chi connectivity index (χ4n) is 11.9. The molecule has 0 radical (unpaired) electrons. The quantitative estimate of drug-likeness (QED) is 0.193. The first-order valence-electron chi connectivity index (χ1n) is 18.5. The maximum Gasteiger partial charge on any atom is 0.303 e. The van der Waals surface area contributed by atoms with E-state index >= 15 is 0 Å². The van der Waals surface area contributed by atoms with E-state index in [2.05, 4.69) is 31.4 Å². The number of quaternary nitrogens is 1. The summed E-state index contributed by atoms with van der Waals surface area (Å²) in [5, 5.41) is 11.3. The number of benzene rings is 1. The van der Waals surface area contributed by atoms with Gasteiger partial charge in [-0.3, -0.25) is 9.69 Å². The lowest BCUT2D eigenvalue weighted by Crippen LogP contribution is -2.61. The molecule has 9 nitrogen and oxygen atoms in total. The Kier molecular flexibility index (Phi) is 10.5. The molecule has 4 aliphatic carbocycles. The molecule has 0 aromatic heterocycles. The summed E-state index contributed by atoms with van der Waals surface area (Å²) >= 11 is 0. The molecule has 2 heterocycles. The summed E-state index contributed by atoms with van der Waals surface area (Å²) in [7, 11) is -4.25. The topological polar surface area (TPSA) is 116 Å². The second-order valence-electron chi connectivity index (χ2n) is 16.4. The lowest BCUT2D eigenvalue weighted by atomic mass is 9.44. The second-order valence-corrected chi connectivity index (χ2v) is 17.7. The molecule has 7 rings (SSSR count). The van der Waals surface area contributed by atoms with E-state index in [0.29, 0.717) is 29.7 Å². The monoisotopic (exact) mass is 686 g/mol. The molecule has 1 aromatic rings. The highest BCUT2D eigenvalue weighted by Gasteiger charge is 2.67. The van der Waals surface area contributed by atoms with Gasteiger partial charge >= 0.3 is 5.97 Å². The molecule has 10 heteroatoms. The van der Waals surface area contributed by atoms with E-state index in [-0.39, 0.29) is 39.9 Å². The molecule has 1 N–H and O–H groups in total. The van der Waals surface area contributed by atoms with Crippen LogP contribution in [0.25, 0.3) is 0 Å². The Labute approximate surface area is 288 Å². The van der Waals surface area contributed by atoms with Crippen molar-refractivity contribution in [2.45, 2.75) is 108 Å². The summed E-state index contributed by atoms with van der Waals surface area (Å²) in [6, 6.07) is 7.85. The fourth-order valence-corrected chi connectivity index (χ4v) is 12.4. The van der Waals surface area contributed by atoms with Crippen LogP contribution in [0.2, 0.25) is 0 Å². The lowest BCUT2D eigenvalue weighted by Gasteiger charge is -2.62. The Morgan fingerprint density at radius 3 is 2.38 bits per heavy atom. The van der Waals surface area contributed by atoms with Gasteiger partial charge in [0.1, 0.15) is 16.2 Å². The second kappa shape index (κ2) is 14.1. The van der Waals surface area contributed by atoms with Gasteiger partial charge in [-0.15, -0.1) is 0 Å².